The van der Waals surface area contributed by atoms with Crippen LogP contribution in [0.15, 0.2) is 42.5 Å². The summed E-state index contributed by atoms with van der Waals surface area (Å²) in [5, 5.41) is 1.13. The predicted molar refractivity (Wildman–Crippen MR) is 113 cm³/mol. The number of hydrogen-bond donors (Lipinski definition) is 1. The highest BCUT2D eigenvalue weighted by Crippen LogP contribution is 2.31. The Morgan fingerprint density at radius 1 is 1.11 bits per heavy atom. The summed E-state index contributed by atoms with van der Waals surface area (Å²) in [5.74, 6) is 0.968. The number of anilines is 1. The highest BCUT2D eigenvalue weighted by atomic mass is 16.5. The number of ether oxygens (including phenoxy) is 1. The van der Waals surface area contributed by atoms with Crippen LogP contribution in [-0.4, -0.2) is 48.6 Å². The number of nitrogens with one attached hydrogen (secondary N) is 1. The van der Waals surface area contributed by atoms with E-state index in [0.717, 1.165) is 46.7 Å². The molecular weight excluding hydrogens is 350 g/mol. The number of carbonyl (C=O) groups is 1. The van der Waals surface area contributed by atoms with Gasteiger partial charge in [0.15, 0.2) is 0 Å². The Labute approximate surface area is 165 Å². The average molecular weight is 377 g/mol. The number of fused-ring (bicyclic) bond motifs is 1. The smallest absolute Gasteiger partial charge is 0.256 e. The Bertz CT molecular complexity index is 1020. The van der Waals surface area contributed by atoms with Gasteiger partial charge < -0.3 is 19.5 Å². The van der Waals surface area contributed by atoms with Crippen molar-refractivity contribution in [3.8, 4) is 5.75 Å². The Balaban J connectivity index is 1.59. The van der Waals surface area contributed by atoms with E-state index in [-0.39, 0.29) is 11.9 Å². The molecule has 5 heteroatoms. The number of amides is 1. The quantitative estimate of drug-likeness (QED) is 0.746. The highest BCUT2D eigenvalue weighted by Gasteiger charge is 2.30. The fourth-order valence-electron chi connectivity index (χ4n) is 4.18. The van der Waals surface area contributed by atoms with Gasteiger partial charge in [-0.3, -0.25) is 4.79 Å². The van der Waals surface area contributed by atoms with Crippen LogP contribution in [0.5, 0.6) is 5.75 Å². The molecule has 28 heavy (non-hydrogen) atoms. The molecule has 1 aromatic heterocycles. The minimum Gasteiger partial charge on any atom is -0.495 e. The molecule has 0 aliphatic carbocycles. The van der Waals surface area contributed by atoms with Crippen molar-refractivity contribution >= 4 is 22.5 Å². The summed E-state index contributed by atoms with van der Waals surface area (Å²) in [4.78, 5) is 21.1. The van der Waals surface area contributed by atoms with Crippen molar-refractivity contribution in [3.63, 3.8) is 0 Å². The number of H-pyrrole nitrogens is 1. The maximum Gasteiger partial charge on any atom is 0.256 e. The van der Waals surface area contributed by atoms with E-state index in [1.807, 2.05) is 35.2 Å². The third kappa shape index (κ3) is 3.01. The monoisotopic (exact) mass is 377 g/mol. The number of aryl methyl sites for hydroxylation is 2. The normalized spacial score (nSPS) is 17.2. The van der Waals surface area contributed by atoms with E-state index < -0.39 is 0 Å². The molecule has 4 rings (SSSR count). The van der Waals surface area contributed by atoms with Crippen LogP contribution in [0.1, 0.15) is 28.5 Å². The molecule has 1 saturated heterocycles. The van der Waals surface area contributed by atoms with Crippen LogP contribution in [-0.2, 0) is 0 Å². The van der Waals surface area contributed by atoms with E-state index in [1.165, 1.54) is 5.56 Å². The second-order valence-corrected chi connectivity index (χ2v) is 7.57. The molecule has 5 nitrogen and oxygen atoms in total. The van der Waals surface area contributed by atoms with Gasteiger partial charge in [0.05, 0.1) is 23.9 Å². The molecule has 1 fully saturated rings. The summed E-state index contributed by atoms with van der Waals surface area (Å²) in [6.45, 7) is 8.52. The molecule has 0 radical (unpaired) electrons. The van der Waals surface area contributed by atoms with E-state index in [4.69, 9.17) is 4.74 Å². The van der Waals surface area contributed by atoms with Gasteiger partial charge in [-0.25, -0.2) is 0 Å². The first-order chi connectivity index (χ1) is 13.5. The van der Waals surface area contributed by atoms with Gasteiger partial charge >= 0.3 is 0 Å². The second-order valence-electron chi connectivity index (χ2n) is 7.57. The average Bonchev–Trinajstić information content (AvgIpc) is 3.01. The van der Waals surface area contributed by atoms with Crippen LogP contribution in [0.2, 0.25) is 0 Å². The van der Waals surface area contributed by atoms with Crippen molar-refractivity contribution in [2.75, 3.05) is 31.6 Å². The molecule has 0 spiro atoms. The van der Waals surface area contributed by atoms with Gasteiger partial charge in [0.2, 0.25) is 0 Å². The van der Waals surface area contributed by atoms with Crippen LogP contribution >= 0.6 is 0 Å². The number of benzene rings is 2. The number of aromatic nitrogens is 1. The summed E-state index contributed by atoms with van der Waals surface area (Å²) >= 11 is 0. The topological polar surface area (TPSA) is 48.6 Å². The van der Waals surface area contributed by atoms with Gasteiger partial charge in [0.1, 0.15) is 5.75 Å². The fraction of sp³-hybridized carbons (Fsp3) is 0.348. The lowest BCUT2D eigenvalue weighted by atomic mass is 10.1. The standard InChI is InChI=1S/C23H27N3O2/c1-15-14-25(20-10-5-6-11-21(20)28-4)12-13-26(15)23(27)19-9-7-8-18-16(2)17(3)24-22(18)19/h5-11,15,24H,12-14H2,1-4H3/t15-/m0/s1. The zero-order chi connectivity index (χ0) is 19.8. The van der Waals surface area contributed by atoms with Crippen LogP contribution in [0.3, 0.4) is 0 Å². The van der Waals surface area contributed by atoms with Crippen LogP contribution in [0.4, 0.5) is 5.69 Å². The van der Waals surface area contributed by atoms with E-state index in [9.17, 15) is 4.79 Å². The molecule has 1 atom stereocenters. The van der Waals surface area contributed by atoms with Crippen LogP contribution in [0, 0.1) is 13.8 Å². The van der Waals surface area contributed by atoms with Crippen molar-refractivity contribution in [3.05, 3.63) is 59.3 Å². The maximum atomic E-state index is 13.4. The highest BCUT2D eigenvalue weighted by molar-refractivity contribution is 6.06. The molecule has 146 valence electrons. The van der Waals surface area contributed by atoms with Crippen molar-refractivity contribution in [2.24, 2.45) is 0 Å². The lowest BCUT2D eigenvalue weighted by Gasteiger charge is -2.41. The number of aromatic amines is 1. The third-order valence-electron chi connectivity index (χ3n) is 5.89. The Hall–Kier alpha value is -2.95. The number of para-hydroxylation sites is 3. The van der Waals surface area contributed by atoms with Gasteiger partial charge in [-0.05, 0) is 44.5 Å². The van der Waals surface area contributed by atoms with Gasteiger partial charge in [0, 0.05) is 36.8 Å². The number of hydrogen-bond acceptors (Lipinski definition) is 3. The third-order valence-corrected chi connectivity index (χ3v) is 5.89. The van der Waals surface area contributed by atoms with E-state index in [2.05, 4.69) is 42.8 Å². The first-order valence-corrected chi connectivity index (χ1v) is 9.78. The first kappa shape index (κ1) is 18.4. The van der Waals surface area contributed by atoms with Crippen molar-refractivity contribution in [1.82, 2.24) is 9.88 Å². The molecule has 1 amide bonds. The van der Waals surface area contributed by atoms with Crippen LogP contribution in [0.25, 0.3) is 10.9 Å². The molecule has 0 unspecified atom stereocenters. The van der Waals surface area contributed by atoms with Crippen molar-refractivity contribution < 1.29 is 9.53 Å². The lowest BCUT2D eigenvalue weighted by molar-refractivity contribution is 0.0676. The minimum absolute atomic E-state index is 0.0963. The molecule has 2 aromatic carbocycles. The number of rotatable bonds is 3. The van der Waals surface area contributed by atoms with E-state index >= 15 is 0 Å². The maximum absolute atomic E-state index is 13.4. The Morgan fingerprint density at radius 3 is 2.64 bits per heavy atom. The summed E-state index contributed by atoms with van der Waals surface area (Å²) in [6.07, 6.45) is 0. The number of methoxy groups -OCH3 is 1. The zero-order valence-electron chi connectivity index (χ0n) is 17.0. The van der Waals surface area contributed by atoms with Crippen molar-refractivity contribution in [2.45, 2.75) is 26.8 Å². The molecule has 0 saturated carbocycles. The van der Waals surface area contributed by atoms with Crippen LogP contribution < -0.4 is 9.64 Å². The van der Waals surface area contributed by atoms with E-state index in [0.29, 0.717) is 6.54 Å². The Morgan fingerprint density at radius 2 is 1.89 bits per heavy atom. The minimum atomic E-state index is 0.0963. The SMILES string of the molecule is COc1ccccc1N1CCN(C(=O)c2cccc3c(C)c(C)[nH]c23)[C@@H](C)C1. The molecule has 1 aliphatic rings. The summed E-state index contributed by atoms with van der Waals surface area (Å²) in [6, 6.07) is 14.2. The van der Waals surface area contributed by atoms with Gasteiger partial charge in [-0.15, -0.1) is 0 Å². The van der Waals surface area contributed by atoms with Gasteiger partial charge in [-0.2, -0.15) is 0 Å². The van der Waals surface area contributed by atoms with E-state index in [1.54, 1.807) is 7.11 Å². The molecule has 1 aliphatic heterocycles. The molecule has 0 bridgehead atoms. The molecule has 2 heterocycles. The number of nitrogens with zero attached hydrogens (tertiary/aromatic N) is 2. The summed E-state index contributed by atoms with van der Waals surface area (Å²) in [7, 11) is 1.70. The summed E-state index contributed by atoms with van der Waals surface area (Å²) < 4.78 is 5.51. The predicted octanol–water partition coefficient (Wildman–Crippen LogP) is 4.14. The van der Waals surface area contributed by atoms with Crippen molar-refractivity contribution in [1.29, 1.82) is 0 Å². The number of carbonyl (C=O) groups excluding carboxylic acids is 1. The second kappa shape index (κ2) is 7.23. The van der Waals surface area contributed by atoms with Gasteiger partial charge in [-0.1, -0.05) is 24.3 Å². The Kier molecular flexibility index (Phi) is 4.75. The molecule has 1 N–H and O–H groups in total. The molecule has 3 aromatic rings. The first-order valence-electron chi connectivity index (χ1n) is 9.78. The summed E-state index contributed by atoms with van der Waals surface area (Å²) in [5.41, 5.74) is 5.11. The van der Waals surface area contributed by atoms with Gasteiger partial charge in [0.25, 0.3) is 5.91 Å². The molecular formula is C23H27N3O2. The fourth-order valence-corrected chi connectivity index (χ4v) is 4.18. The largest absolute Gasteiger partial charge is 0.495 e. The number of piperazine rings is 1. The zero-order valence-corrected chi connectivity index (χ0v) is 17.0. The lowest BCUT2D eigenvalue weighted by Crippen LogP contribution is -2.54.